The molecule has 36 heavy (non-hydrogen) atoms. The Bertz CT molecular complexity index is 1320. The number of fused-ring (bicyclic) bond motifs is 2. The van der Waals surface area contributed by atoms with Gasteiger partial charge < -0.3 is 25.6 Å². The van der Waals surface area contributed by atoms with Crippen molar-refractivity contribution >= 4 is 23.5 Å². The van der Waals surface area contributed by atoms with Crippen LogP contribution in [0, 0.1) is 6.92 Å². The first-order chi connectivity index (χ1) is 17.2. The van der Waals surface area contributed by atoms with Gasteiger partial charge in [0.2, 0.25) is 0 Å². The second-order valence-electron chi connectivity index (χ2n) is 9.89. The third-order valence-electron chi connectivity index (χ3n) is 7.59. The minimum Gasteiger partial charge on any atom is -0.453 e. The Morgan fingerprint density at radius 1 is 1.33 bits per heavy atom. The largest absolute Gasteiger partial charge is 0.453 e. The summed E-state index contributed by atoms with van der Waals surface area (Å²) < 4.78 is 6.64. The molecule has 0 saturated carbocycles. The van der Waals surface area contributed by atoms with Crippen molar-refractivity contribution in [2.45, 2.75) is 50.7 Å². The van der Waals surface area contributed by atoms with Gasteiger partial charge in [-0.3, -0.25) is 4.79 Å². The molecule has 3 heterocycles. The van der Waals surface area contributed by atoms with Crippen molar-refractivity contribution in [3.63, 3.8) is 0 Å². The number of nitrogens with one attached hydrogen (secondary N) is 1. The highest BCUT2D eigenvalue weighted by Gasteiger charge is 2.49. The molecule has 190 valence electrons. The standard InChI is InChI=1S/C26H33N7O3/c1-16-14-33-22(28-23(16)32-12-10-19(27)15-32)13-21(30-33)17(2)31(3)24(34)26(29-25(35)36-4)11-9-18-7-5-6-8-20(18)26/h5-8,13-14,17,19H,9-12,15,27H2,1-4H3,(H,29,35)/t17-,19-,26?/m0/s1. The van der Waals surface area contributed by atoms with Crippen LogP contribution >= 0.6 is 0 Å². The molecule has 2 aliphatic rings. The highest BCUT2D eigenvalue weighted by atomic mass is 16.5. The lowest BCUT2D eigenvalue weighted by Gasteiger charge is -2.36. The fourth-order valence-electron chi connectivity index (χ4n) is 5.44. The van der Waals surface area contributed by atoms with Gasteiger partial charge in [-0.2, -0.15) is 5.10 Å². The number of nitrogens with two attached hydrogens (primary N) is 1. The lowest BCUT2D eigenvalue weighted by Crippen LogP contribution is -2.55. The highest BCUT2D eigenvalue weighted by Crippen LogP contribution is 2.39. The maximum Gasteiger partial charge on any atom is 0.407 e. The van der Waals surface area contributed by atoms with E-state index in [4.69, 9.17) is 20.6 Å². The number of rotatable bonds is 5. The van der Waals surface area contributed by atoms with E-state index < -0.39 is 11.6 Å². The Balaban J connectivity index is 1.45. The summed E-state index contributed by atoms with van der Waals surface area (Å²) in [5.74, 6) is 0.709. The topological polar surface area (TPSA) is 118 Å². The van der Waals surface area contributed by atoms with E-state index in [0.29, 0.717) is 24.2 Å². The van der Waals surface area contributed by atoms with Crippen molar-refractivity contribution in [2.75, 3.05) is 32.1 Å². The van der Waals surface area contributed by atoms with Gasteiger partial charge in [-0.15, -0.1) is 0 Å². The number of amides is 2. The van der Waals surface area contributed by atoms with E-state index in [0.717, 1.165) is 42.0 Å². The molecule has 10 nitrogen and oxygen atoms in total. The van der Waals surface area contributed by atoms with Gasteiger partial charge in [0.15, 0.2) is 5.65 Å². The molecular formula is C26H33N7O3. The molecule has 1 aliphatic carbocycles. The normalized spacial score (nSPS) is 21.9. The number of ether oxygens (including phenoxy) is 1. The van der Waals surface area contributed by atoms with E-state index >= 15 is 0 Å². The zero-order valence-corrected chi connectivity index (χ0v) is 21.2. The molecule has 3 aromatic rings. The van der Waals surface area contributed by atoms with Gasteiger partial charge in [-0.25, -0.2) is 14.3 Å². The predicted octanol–water partition coefficient (Wildman–Crippen LogP) is 2.29. The van der Waals surface area contributed by atoms with Crippen molar-refractivity contribution in [3.05, 3.63) is 58.9 Å². The van der Waals surface area contributed by atoms with E-state index in [2.05, 4.69) is 10.2 Å². The first-order valence-corrected chi connectivity index (χ1v) is 12.3. The number of aromatic nitrogens is 3. The molecule has 10 heteroatoms. The summed E-state index contributed by atoms with van der Waals surface area (Å²) in [5, 5.41) is 7.59. The quantitative estimate of drug-likeness (QED) is 0.562. The average molecular weight is 492 g/mol. The van der Waals surface area contributed by atoms with E-state index in [1.54, 1.807) is 16.5 Å². The number of alkyl carbamates (subject to hydrolysis) is 1. The summed E-state index contributed by atoms with van der Waals surface area (Å²) in [5.41, 5.74) is 9.21. The van der Waals surface area contributed by atoms with Crippen LogP contribution in [0.25, 0.3) is 5.65 Å². The first-order valence-electron chi connectivity index (χ1n) is 12.3. The molecule has 0 radical (unpaired) electrons. The Hall–Kier alpha value is -3.66. The molecular weight excluding hydrogens is 458 g/mol. The van der Waals surface area contributed by atoms with Crippen LogP contribution in [-0.4, -0.2) is 64.8 Å². The zero-order valence-electron chi connectivity index (χ0n) is 21.2. The second kappa shape index (κ2) is 9.09. The fourth-order valence-corrected chi connectivity index (χ4v) is 5.44. The molecule has 3 N–H and O–H groups in total. The molecule has 1 aromatic carbocycles. The minimum absolute atomic E-state index is 0.161. The van der Waals surface area contributed by atoms with Gasteiger partial charge in [0.1, 0.15) is 11.4 Å². The average Bonchev–Trinajstić information content (AvgIpc) is 3.59. The van der Waals surface area contributed by atoms with Gasteiger partial charge in [-0.05, 0) is 44.2 Å². The van der Waals surface area contributed by atoms with Gasteiger partial charge in [0, 0.05) is 44.0 Å². The SMILES string of the molecule is COC(=O)NC1(C(=O)N(C)[C@@H](C)c2cc3nc(N4CC[C@H](N)C4)c(C)cn3n2)CCc2ccccc21. The summed E-state index contributed by atoms with van der Waals surface area (Å²) in [6.45, 7) is 5.62. The second-order valence-corrected chi connectivity index (χ2v) is 9.89. The third kappa shape index (κ3) is 3.95. The first kappa shape index (κ1) is 24.1. The fraction of sp³-hybridized carbons (Fsp3) is 0.462. The van der Waals surface area contributed by atoms with Crippen molar-refractivity contribution in [1.29, 1.82) is 0 Å². The maximum absolute atomic E-state index is 14.0. The number of nitrogens with zero attached hydrogens (tertiary/aromatic N) is 5. The van der Waals surface area contributed by atoms with Crippen LogP contribution in [0.4, 0.5) is 10.6 Å². The van der Waals surface area contributed by atoms with E-state index in [-0.39, 0.29) is 18.0 Å². The molecule has 2 amide bonds. The number of methoxy groups -OCH3 is 1. The monoisotopic (exact) mass is 491 g/mol. The molecule has 1 unspecified atom stereocenters. The molecule has 1 aliphatic heterocycles. The Morgan fingerprint density at radius 3 is 2.83 bits per heavy atom. The van der Waals surface area contributed by atoms with Crippen LogP contribution < -0.4 is 16.0 Å². The van der Waals surface area contributed by atoms with Gasteiger partial charge in [-0.1, -0.05) is 24.3 Å². The summed E-state index contributed by atoms with van der Waals surface area (Å²) in [4.78, 5) is 35.1. The van der Waals surface area contributed by atoms with Crippen LogP contribution in [0.3, 0.4) is 0 Å². The van der Waals surface area contributed by atoms with Crippen molar-refractivity contribution in [1.82, 2.24) is 24.8 Å². The lowest BCUT2D eigenvalue weighted by atomic mass is 9.89. The molecule has 3 atom stereocenters. The number of carbonyl (C=O) groups is 2. The zero-order chi connectivity index (χ0) is 25.6. The Labute approximate surface area is 210 Å². The van der Waals surface area contributed by atoms with Crippen LogP contribution in [0.1, 0.15) is 48.2 Å². The number of aryl methyl sites for hydroxylation is 2. The molecule has 0 spiro atoms. The number of anilines is 1. The van der Waals surface area contributed by atoms with Crippen LogP contribution in [0.15, 0.2) is 36.5 Å². The summed E-state index contributed by atoms with van der Waals surface area (Å²) in [7, 11) is 3.05. The third-order valence-corrected chi connectivity index (χ3v) is 7.59. The summed E-state index contributed by atoms with van der Waals surface area (Å²) in [6, 6.07) is 9.44. The molecule has 0 bridgehead atoms. The molecule has 5 rings (SSSR count). The van der Waals surface area contributed by atoms with Crippen LogP contribution in [0.2, 0.25) is 0 Å². The molecule has 1 saturated heterocycles. The maximum atomic E-state index is 14.0. The van der Waals surface area contributed by atoms with Crippen LogP contribution in [-0.2, 0) is 21.5 Å². The van der Waals surface area contributed by atoms with E-state index in [1.807, 2.05) is 50.4 Å². The summed E-state index contributed by atoms with van der Waals surface area (Å²) in [6.07, 6.45) is 3.43. The Morgan fingerprint density at radius 2 is 2.11 bits per heavy atom. The van der Waals surface area contributed by atoms with E-state index in [9.17, 15) is 9.59 Å². The Kier molecular flexibility index (Phi) is 6.07. The van der Waals surface area contributed by atoms with Crippen molar-refractivity contribution in [3.8, 4) is 0 Å². The number of likely N-dealkylation sites (N-methyl/N-ethyl adjacent to an activating group) is 1. The van der Waals surface area contributed by atoms with E-state index in [1.165, 1.54) is 7.11 Å². The van der Waals surface area contributed by atoms with Gasteiger partial charge in [0.25, 0.3) is 5.91 Å². The number of carbonyl (C=O) groups excluding carboxylic acids is 2. The van der Waals surface area contributed by atoms with Gasteiger partial charge in [0.05, 0.1) is 18.8 Å². The number of hydrogen-bond acceptors (Lipinski definition) is 7. The molecule has 1 fully saturated rings. The van der Waals surface area contributed by atoms with Gasteiger partial charge >= 0.3 is 6.09 Å². The number of hydrogen-bond donors (Lipinski definition) is 2. The predicted molar refractivity (Wildman–Crippen MR) is 136 cm³/mol. The minimum atomic E-state index is -1.19. The molecule has 2 aromatic heterocycles. The van der Waals surface area contributed by atoms with Crippen molar-refractivity contribution in [2.24, 2.45) is 5.73 Å². The smallest absolute Gasteiger partial charge is 0.407 e. The van der Waals surface area contributed by atoms with Crippen LogP contribution in [0.5, 0.6) is 0 Å². The number of benzene rings is 1. The summed E-state index contributed by atoms with van der Waals surface area (Å²) >= 11 is 0. The lowest BCUT2D eigenvalue weighted by molar-refractivity contribution is -0.139. The van der Waals surface area contributed by atoms with Crippen molar-refractivity contribution < 1.29 is 14.3 Å². The highest BCUT2D eigenvalue weighted by molar-refractivity contribution is 5.92.